The number of thioether (sulfide) groups is 1. The van der Waals surface area contributed by atoms with E-state index in [4.69, 9.17) is 11.6 Å². The maximum absolute atomic E-state index is 10.9. The van der Waals surface area contributed by atoms with E-state index in [-0.39, 0.29) is 5.24 Å². The van der Waals surface area contributed by atoms with Gasteiger partial charge in [-0.1, -0.05) is 35.5 Å². The van der Waals surface area contributed by atoms with Crippen LogP contribution in [0.15, 0.2) is 24.3 Å². The second-order valence-corrected chi connectivity index (χ2v) is 3.69. The van der Waals surface area contributed by atoms with Crippen molar-refractivity contribution in [1.82, 2.24) is 5.32 Å². The summed E-state index contributed by atoms with van der Waals surface area (Å²) in [6.45, 7) is 0.528. The molecule has 0 aliphatic heterocycles. The zero-order chi connectivity index (χ0) is 9.68. The van der Waals surface area contributed by atoms with Crippen molar-refractivity contribution < 1.29 is 4.79 Å². The Hall–Kier alpha value is -0.670. The fourth-order valence-corrected chi connectivity index (χ4v) is 1.32. The standard InChI is InChI=1S/C9H10ClNOS/c1-13-9(12)11-6-7-3-2-4-8(10)5-7/h2-5H,6H2,1H3,(H,11,12). The highest BCUT2D eigenvalue weighted by Crippen LogP contribution is 2.10. The molecule has 1 aromatic rings. The number of rotatable bonds is 2. The molecule has 0 saturated carbocycles. The molecule has 1 rings (SSSR count). The van der Waals surface area contributed by atoms with Crippen LogP contribution < -0.4 is 5.32 Å². The number of carbonyl (C=O) groups is 1. The van der Waals surface area contributed by atoms with Gasteiger partial charge in [-0.25, -0.2) is 0 Å². The lowest BCUT2D eigenvalue weighted by molar-refractivity contribution is 0.260. The van der Waals surface area contributed by atoms with Crippen LogP contribution in [0, 0.1) is 0 Å². The normalized spacial score (nSPS) is 9.69. The van der Waals surface area contributed by atoms with Gasteiger partial charge in [-0.3, -0.25) is 4.79 Å². The summed E-state index contributed by atoms with van der Waals surface area (Å²) in [5.41, 5.74) is 1.01. The van der Waals surface area contributed by atoms with Gasteiger partial charge in [0.2, 0.25) is 0 Å². The Balaban J connectivity index is 2.50. The largest absolute Gasteiger partial charge is 0.343 e. The molecular weight excluding hydrogens is 206 g/mol. The van der Waals surface area contributed by atoms with Crippen LogP contribution in [-0.2, 0) is 6.54 Å². The van der Waals surface area contributed by atoms with Gasteiger partial charge in [-0.05, 0) is 24.0 Å². The van der Waals surface area contributed by atoms with Gasteiger partial charge in [0, 0.05) is 11.6 Å². The Morgan fingerprint density at radius 1 is 1.62 bits per heavy atom. The molecule has 4 heteroatoms. The Bertz CT molecular complexity index is 303. The second kappa shape index (κ2) is 5.14. The first-order valence-electron chi connectivity index (χ1n) is 3.78. The summed E-state index contributed by atoms with van der Waals surface area (Å²) in [6, 6.07) is 7.43. The van der Waals surface area contributed by atoms with Crippen molar-refractivity contribution in [3.05, 3.63) is 34.9 Å². The number of benzene rings is 1. The summed E-state index contributed by atoms with van der Waals surface area (Å²) in [6.07, 6.45) is 1.74. The van der Waals surface area contributed by atoms with Crippen LogP contribution in [0.4, 0.5) is 4.79 Å². The maximum atomic E-state index is 10.9. The molecule has 2 nitrogen and oxygen atoms in total. The van der Waals surface area contributed by atoms with Crippen molar-refractivity contribution in [1.29, 1.82) is 0 Å². The van der Waals surface area contributed by atoms with E-state index in [1.165, 1.54) is 11.8 Å². The first-order chi connectivity index (χ1) is 6.22. The predicted octanol–water partition coefficient (Wildman–Crippen LogP) is 2.91. The molecule has 0 aromatic heterocycles. The van der Waals surface area contributed by atoms with E-state index in [9.17, 15) is 4.79 Å². The van der Waals surface area contributed by atoms with Gasteiger partial charge in [0.05, 0.1) is 0 Å². The third-order valence-electron chi connectivity index (χ3n) is 1.51. The topological polar surface area (TPSA) is 29.1 Å². The summed E-state index contributed by atoms with van der Waals surface area (Å²) >= 11 is 6.94. The molecule has 0 bridgehead atoms. The molecule has 0 saturated heterocycles. The smallest absolute Gasteiger partial charge is 0.279 e. The van der Waals surface area contributed by atoms with Crippen LogP contribution in [-0.4, -0.2) is 11.5 Å². The third kappa shape index (κ3) is 3.70. The predicted molar refractivity (Wildman–Crippen MR) is 57.2 cm³/mol. The molecular formula is C9H10ClNOS. The fraction of sp³-hybridized carbons (Fsp3) is 0.222. The van der Waals surface area contributed by atoms with E-state index in [0.29, 0.717) is 11.6 Å². The first kappa shape index (κ1) is 10.4. The quantitative estimate of drug-likeness (QED) is 0.822. The lowest BCUT2D eigenvalue weighted by Crippen LogP contribution is -2.17. The van der Waals surface area contributed by atoms with Gasteiger partial charge in [-0.15, -0.1) is 0 Å². The monoisotopic (exact) mass is 215 g/mol. The Labute approximate surface area is 86.7 Å². The number of hydrogen-bond donors (Lipinski definition) is 1. The summed E-state index contributed by atoms with van der Waals surface area (Å²) < 4.78 is 0. The Morgan fingerprint density at radius 3 is 3.00 bits per heavy atom. The minimum absolute atomic E-state index is 0.0278. The molecule has 13 heavy (non-hydrogen) atoms. The Kier molecular flexibility index (Phi) is 4.12. The van der Waals surface area contributed by atoms with E-state index in [1.54, 1.807) is 12.3 Å². The molecule has 1 aromatic carbocycles. The van der Waals surface area contributed by atoms with Gasteiger partial charge < -0.3 is 5.32 Å². The lowest BCUT2D eigenvalue weighted by atomic mass is 10.2. The molecule has 0 aliphatic rings. The maximum Gasteiger partial charge on any atom is 0.279 e. The number of hydrogen-bond acceptors (Lipinski definition) is 2. The number of nitrogens with one attached hydrogen (secondary N) is 1. The van der Waals surface area contributed by atoms with E-state index in [1.807, 2.05) is 18.2 Å². The second-order valence-electron chi connectivity index (χ2n) is 2.48. The van der Waals surface area contributed by atoms with E-state index in [2.05, 4.69) is 5.32 Å². The molecule has 70 valence electrons. The molecule has 0 radical (unpaired) electrons. The SMILES string of the molecule is CSC(=O)NCc1cccc(Cl)c1. The van der Waals surface area contributed by atoms with Crippen LogP contribution in [0.3, 0.4) is 0 Å². The van der Waals surface area contributed by atoms with Crippen LogP contribution in [0.5, 0.6) is 0 Å². The molecule has 0 spiro atoms. The summed E-state index contributed by atoms with van der Waals surface area (Å²) in [4.78, 5) is 10.9. The highest BCUT2D eigenvalue weighted by molar-refractivity contribution is 8.12. The summed E-state index contributed by atoms with van der Waals surface area (Å²) in [5, 5.41) is 3.40. The molecule has 0 fully saturated rings. The van der Waals surface area contributed by atoms with E-state index >= 15 is 0 Å². The molecule has 0 heterocycles. The minimum Gasteiger partial charge on any atom is -0.343 e. The van der Waals surface area contributed by atoms with Gasteiger partial charge in [-0.2, -0.15) is 0 Å². The van der Waals surface area contributed by atoms with E-state index < -0.39 is 0 Å². The lowest BCUT2D eigenvalue weighted by Gasteiger charge is -2.02. The average Bonchev–Trinajstić information content (AvgIpc) is 2.14. The first-order valence-corrected chi connectivity index (χ1v) is 5.39. The average molecular weight is 216 g/mol. The Morgan fingerprint density at radius 2 is 2.38 bits per heavy atom. The third-order valence-corrected chi connectivity index (χ3v) is 2.26. The van der Waals surface area contributed by atoms with Crippen molar-refractivity contribution >= 4 is 28.6 Å². The van der Waals surface area contributed by atoms with Crippen LogP contribution in [0.25, 0.3) is 0 Å². The fourth-order valence-electron chi connectivity index (χ4n) is 0.893. The van der Waals surface area contributed by atoms with Gasteiger partial charge >= 0.3 is 0 Å². The molecule has 1 N–H and O–H groups in total. The van der Waals surface area contributed by atoms with Crippen LogP contribution in [0.2, 0.25) is 5.02 Å². The van der Waals surface area contributed by atoms with Gasteiger partial charge in [0.25, 0.3) is 5.24 Å². The van der Waals surface area contributed by atoms with Gasteiger partial charge in [0.1, 0.15) is 0 Å². The summed E-state index contributed by atoms with van der Waals surface area (Å²) in [7, 11) is 0. The molecule has 0 aliphatic carbocycles. The number of carbonyl (C=O) groups excluding carboxylic acids is 1. The highest BCUT2D eigenvalue weighted by Gasteiger charge is 1.97. The number of amides is 1. The van der Waals surface area contributed by atoms with Crippen molar-refractivity contribution in [2.75, 3.05) is 6.26 Å². The number of halogens is 1. The highest BCUT2D eigenvalue weighted by atomic mass is 35.5. The zero-order valence-electron chi connectivity index (χ0n) is 7.21. The molecule has 0 unspecified atom stereocenters. The molecule has 0 atom stereocenters. The van der Waals surface area contributed by atoms with Crippen molar-refractivity contribution in [2.45, 2.75) is 6.54 Å². The van der Waals surface area contributed by atoms with Crippen molar-refractivity contribution in [3.63, 3.8) is 0 Å². The minimum atomic E-state index is -0.0278. The van der Waals surface area contributed by atoms with Crippen LogP contribution in [0.1, 0.15) is 5.56 Å². The molecule has 1 amide bonds. The van der Waals surface area contributed by atoms with Crippen molar-refractivity contribution in [2.24, 2.45) is 0 Å². The van der Waals surface area contributed by atoms with E-state index in [0.717, 1.165) is 5.56 Å². The van der Waals surface area contributed by atoms with Crippen LogP contribution >= 0.6 is 23.4 Å². The summed E-state index contributed by atoms with van der Waals surface area (Å²) in [5.74, 6) is 0. The van der Waals surface area contributed by atoms with Gasteiger partial charge in [0.15, 0.2) is 0 Å². The zero-order valence-corrected chi connectivity index (χ0v) is 8.78. The van der Waals surface area contributed by atoms with Crippen molar-refractivity contribution in [3.8, 4) is 0 Å².